The number of fused-ring (bicyclic) bond motifs is 3. The van der Waals surface area contributed by atoms with E-state index in [-0.39, 0.29) is 12.1 Å². The van der Waals surface area contributed by atoms with Gasteiger partial charge >= 0.3 is 6.03 Å². The van der Waals surface area contributed by atoms with Gasteiger partial charge in [-0.2, -0.15) is 5.10 Å². The molecule has 0 aliphatic carbocycles. The van der Waals surface area contributed by atoms with Crippen molar-refractivity contribution in [1.82, 2.24) is 24.6 Å². The van der Waals surface area contributed by atoms with Gasteiger partial charge in [-0.25, -0.2) is 9.48 Å². The Labute approximate surface area is 229 Å². The molecule has 1 aliphatic rings. The largest absolute Gasteiger partial charge is 0.338 e. The zero-order valence-corrected chi connectivity index (χ0v) is 22.4. The molecule has 0 bridgehead atoms. The molecule has 39 heavy (non-hydrogen) atoms. The average Bonchev–Trinajstić information content (AvgIpc) is 3.55. The Morgan fingerprint density at radius 3 is 2.46 bits per heavy atom. The van der Waals surface area contributed by atoms with Crippen molar-refractivity contribution in [3.63, 3.8) is 0 Å². The summed E-state index contributed by atoms with van der Waals surface area (Å²) in [5, 5.41) is 8.27. The molecule has 6 rings (SSSR count). The predicted octanol–water partition coefficient (Wildman–Crippen LogP) is 6.39. The van der Waals surface area contributed by atoms with Gasteiger partial charge in [0.25, 0.3) is 0 Å². The smallest absolute Gasteiger partial charge is 0.318 e. The summed E-state index contributed by atoms with van der Waals surface area (Å²) in [5.41, 5.74) is 7.58. The number of aryl methyl sites for hydroxylation is 2. The number of benzene rings is 3. The van der Waals surface area contributed by atoms with E-state index in [9.17, 15) is 4.79 Å². The SMILES string of the molecule is CCc1nn(-c2ccccc2)c2c1CN(C(=O)NCCc1ccccc1)[C@H](c1cccc(C)c1)c1cccn1-2. The molecule has 5 aromatic rings. The maximum atomic E-state index is 14.0. The summed E-state index contributed by atoms with van der Waals surface area (Å²) >= 11 is 0. The second-order valence-corrected chi connectivity index (χ2v) is 10.1. The van der Waals surface area contributed by atoms with Gasteiger partial charge in [0.2, 0.25) is 0 Å². The first kappa shape index (κ1) is 24.7. The third kappa shape index (κ3) is 4.74. The number of hydrogen-bond acceptors (Lipinski definition) is 2. The lowest BCUT2D eigenvalue weighted by atomic mass is 10.00. The maximum absolute atomic E-state index is 14.0. The molecular weight excluding hydrogens is 482 g/mol. The number of nitrogens with one attached hydrogen (secondary N) is 1. The number of hydrogen-bond donors (Lipinski definition) is 1. The Kier molecular flexibility index (Phi) is 6.76. The van der Waals surface area contributed by atoms with E-state index in [4.69, 9.17) is 5.10 Å². The zero-order chi connectivity index (χ0) is 26.8. The summed E-state index contributed by atoms with van der Waals surface area (Å²) < 4.78 is 4.25. The molecule has 0 fully saturated rings. The fourth-order valence-electron chi connectivity index (χ4n) is 5.60. The van der Waals surface area contributed by atoms with Crippen molar-refractivity contribution >= 4 is 6.03 Å². The summed E-state index contributed by atoms with van der Waals surface area (Å²) in [7, 11) is 0. The van der Waals surface area contributed by atoms with E-state index in [2.05, 4.69) is 90.6 Å². The van der Waals surface area contributed by atoms with Crippen molar-refractivity contribution in [3.8, 4) is 11.5 Å². The van der Waals surface area contributed by atoms with Crippen LogP contribution in [0.4, 0.5) is 4.79 Å². The topological polar surface area (TPSA) is 55.1 Å². The Morgan fingerprint density at radius 1 is 0.949 bits per heavy atom. The first-order chi connectivity index (χ1) is 19.1. The molecular formula is C33H33N5O. The van der Waals surface area contributed by atoms with E-state index in [0.717, 1.165) is 46.9 Å². The molecule has 0 saturated carbocycles. The van der Waals surface area contributed by atoms with Gasteiger partial charge < -0.3 is 14.8 Å². The third-order valence-electron chi connectivity index (χ3n) is 7.46. The summed E-state index contributed by atoms with van der Waals surface area (Å²) in [6.07, 6.45) is 3.65. The third-order valence-corrected chi connectivity index (χ3v) is 7.46. The van der Waals surface area contributed by atoms with Crippen LogP contribution in [0, 0.1) is 6.92 Å². The monoisotopic (exact) mass is 515 g/mol. The van der Waals surface area contributed by atoms with Crippen molar-refractivity contribution in [2.24, 2.45) is 0 Å². The second kappa shape index (κ2) is 10.7. The fourth-order valence-corrected chi connectivity index (χ4v) is 5.60. The van der Waals surface area contributed by atoms with Gasteiger partial charge in [0, 0.05) is 18.3 Å². The number of nitrogens with zero attached hydrogens (tertiary/aromatic N) is 4. The average molecular weight is 516 g/mol. The van der Waals surface area contributed by atoms with Crippen LogP contribution in [0.15, 0.2) is 103 Å². The number of para-hydroxylation sites is 1. The Balaban J connectivity index is 1.46. The molecule has 0 saturated heterocycles. The summed E-state index contributed by atoms with van der Waals surface area (Å²) in [4.78, 5) is 16.0. The standard InChI is InChI=1S/C33H33N5O/c1-3-29-28-23-37(33(39)34-20-19-25-13-6-4-7-14-25)31(26-15-10-12-24(2)22-26)30-18-11-21-36(30)32(28)38(35-29)27-16-8-5-9-17-27/h4-18,21-22,31H,3,19-20,23H2,1-2H3,(H,34,39)/t31-/m1/s1. The minimum Gasteiger partial charge on any atom is -0.338 e. The number of amides is 2. The first-order valence-corrected chi connectivity index (χ1v) is 13.6. The Morgan fingerprint density at radius 2 is 1.72 bits per heavy atom. The van der Waals surface area contributed by atoms with Crippen LogP contribution in [-0.2, 0) is 19.4 Å². The number of rotatable bonds is 6. The van der Waals surface area contributed by atoms with Crippen LogP contribution in [0.5, 0.6) is 0 Å². The summed E-state index contributed by atoms with van der Waals surface area (Å²) in [6.45, 7) is 5.25. The summed E-state index contributed by atoms with van der Waals surface area (Å²) in [5.74, 6) is 0.996. The number of aromatic nitrogens is 3. The van der Waals surface area contributed by atoms with Crippen LogP contribution in [0.25, 0.3) is 11.5 Å². The van der Waals surface area contributed by atoms with Gasteiger partial charge in [-0.15, -0.1) is 0 Å². The summed E-state index contributed by atoms with van der Waals surface area (Å²) in [6, 6.07) is 32.8. The van der Waals surface area contributed by atoms with Crippen molar-refractivity contribution in [2.75, 3.05) is 6.54 Å². The Hall–Kier alpha value is -4.58. The predicted molar refractivity (Wildman–Crippen MR) is 154 cm³/mol. The zero-order valence-electron chi connectivity index (χ0n) is 22.4. The van der Waals surface area contributed by atoms with Crippen LogP contribution >= 0.6 is 0 Å². The molecule has 1 aliphatic heterocycles. The lowest BCUT2D eigenvalue weighted by Crippen LogP contribution is -2.42. The van der Waals surface area contributed by atoms with E-state index >= 15 is 0 Å². The maximum Gasteiger partial charge on any atom is 0.318 e. The van der Waals surface area contributed by atoms with Gasteiger partial charge in [-0.05, 0) is 55.2 Å². The molecule has 1 atom stereocenters. The van der Waals surface area contributed by atoms with Crippen molar-refractivity contribution in [1.29, 1.82) is 0 Å². The van der Waals surface area contributed by atoms with Crippen LogP contribution < -0.4 is 5.32 Å². The normalized spacial score (nSPS) is 14.4. The fraction of sp³-hybridized carbons (Fsp3) is 0.212. The molecule has 0 unspecified atom stereocenters. The quantitative estimate of drug-likeness (QED) is 0.285. The van der Waals surface area contributed by atoms with Gasteiger partial charge in [-0.3, -0.25) is 0 Å². The van der Waals surface area contributed by atoms with Crippen LogP contribution in [0.2, 0.25) is 0 Å². The highest BCUT2D eigenvalue weighted by Gasteiger charge is 2.36. The van der Waals surface area contributed by atoms with E-state index in [1.165, 1.54) is 11.1 Å². The molecule has 1 N–H and O–H groups in total. The van der Waals surface area contributed by atoms with Crippen molar-refractivity contribution in [3.05, 3.63) is 137 Å². The Bertz CT molecular complexity index is 1590. The lowest BCUT2D eigenvalue weighted by molar-refractivity contribution is 0.180. The van der Waals surface area contributed by atoms with E-state index in [1.54, 1.807) is 0 Å². The minimum absolute atomic E-state index is 0.0763. The van der Waals surface area contributed by atoms with Crippen LogP contribution in [-0.4, -0.2) is 31.8 Å². The molecule has 6 heteroatoms. The molecule has 2 aromatic heterocycles. The van der Waals surface area contributed by atoms with E-state index in [0.29, 0.717) is 13.1 Å². The van der Waals surface area contributed by atoms with Crippen LogP contribution in [0.3, 0.4) is 0 Å². The van der Waals surface area contributed by atoms with Crippen LogP contribution in [0.1, 0.15) is 46.6 Å². The molecule has 2 amide bonds. The van der Waals surface area contributed by atoms with Gasteiger partial charge in [0.1, 0.15) is 5.82 Å². The van der Waals surface area contributed by atoms with Crippen molar-refractivity contribution in [2.45, 2.75) is 39.3 Å². The van der Waals surface area contributed by atoms with Gasteiger partial charge in [0.05, 0.1) is 29.7 Å². The highest BCUT2D eigenvalue weighted by atomic mass is 16.2. The minimum atomic E-state index is -0.252. The number of carbonyl (C=O) groups is 1. The first-order valence-electron chi connectivity index (χ1n) is 13.6. The number of carbonyl (C=O) groups excluding carboxylic acids is 1. The molecule has 196 valence electrons. The molecule has 3 aromatic carbocycles. The lowest BCUT2D eigenvalue weighted by Gasteiger charge is -2.31. The molecule has 0 spiro atoms. The van der Waals surface area contributed by atoms with Crippen molar-refractivity contribution < 1.29 is 4.79 Å². The van der Waals surface area contributed by atoms with E-state index < -0.39 is 0 Å². The highest BCUT2D eigenvalue weighted by molar-refractivity contribution is 5.76. The molecule has 0 radical (unpaired) electrons. The molecule has 3 heterocycles. The van der Waals surface area contributed by atoms with Gasteiger partial charge in [-0.1, -0.05) is 85.3 Å². The second-order valence-electron chi connectivity index (χ2n) is 10.1. The van der Waals surface area contributed by atoms with E-state index in [1.807, 2.05) is 46.0 Å². The molecule has 6 nitrogen and oxygen atoms in total. The van der Waals surface area contributed by atoms with Gasteiger partial charge in [0.15, 0.2) is 0 Å². The highest BCUT2D eigenvalue weighted by Crippen LogP contribution is 2.38. The number of urea groups is 1.